The zero-order valence-corrected chi connectivity index (χ0v) is 13.2. The molecule has 3 amide bonds. The number of aliphatic hydroxyl groups excluding tert-OH is 1. The summed E-state index contributed by atoms with van der Waals surface area (Å²) in [5.41, 5.74) is 1.09. The Morgan fingerprint density at radius 2 is 2.12 bits per heavy atom. The summed E-state index contributed by atoms with van der Waals surface area (Å²) in [4.78, 5) is 37.4. The minimum Gasteiger partial charge on any atom is -0.492 e. The maximum atomic E-state index is 12.6. The zero-order chi connectivity index (χ0) is 17.3. The monoisotopic (exact) mass is 334 g/mol. The molecule has 0 spiro atoms. The molecule has 0 bridgehead atoms. The van der Waals surface area contributed by atoms with Crippen LogP contribution in [0.1, 0.15) is 28.8 Å². The van der Waals surface area contributed by atoms with Gasteiger partial charge in [0, 0.05) is 17.5 Å². The van der Waals surface area contributed by atoms with Gasteiger partial charge in [-0.1, -0.05) is 0 Å². The van der Waals surface area contributed by atoms with Crippen LogP contribution >= 0.6 is 0 Å². The molecule has 2 aliphatic heterocycles. The third-order valence-electron chi connectivity index (χ3n) is 4.18. The van der Waals surface area contributed by atoms with E-state index in [9.17, 15) is 14.4 Å². The van der Waals surface area contributed by atoms with Crippen molar-refractivity contribution in [2.24, 2.45) is 0 Å². The van der Waals surface area contributed by atoms with Crippen molar-refractivity contribution in [2.75, 3.05) is 20.3 Å². The highest BCUT2D eigenvalue weighted by molar-refractivity contribution is 6.05. The zero-order valence-electron chi connectivity index (χ0n) is 13.2. The summed E-state index contributed by atoms with van der Waals surface area (Å²) in [6.07, 6.45) is 0.513. The molecule has 0 radical (unpaired) electrons. The van der Waals surface area contributed by atoms with E-state index in [0.29, 0.717) is 29.0 Å². The molecule has 1 aromatic carbocycles. The van der Waals surface area contributed by atoms with Gasteiger partial charge < -0.3 is 19.5 Å². The minimum atomic E-state index is -0.672. The van der Waals surface area contributed by atoms with Gasteiger partial charge in [-0.15, -0.1) is 0 Å². The number of rotatable bonds is 5. The molecule has 2 heterocycles. The number of aliphatic hydroxyl groups is 1. The quantitative estimate of drug-likeness (QED) is 0.724. The second-order valence-electron chi connectivity index (χ2n) is 5.60. The van der Waals surface area contributed by atoms with Crippen molar-refractivity contribution in [2.45, 2.75) is 25.4 Å². The number of hydrogen-bond acceptors (Lipinski definition) is 6. The lowest BCUT2D eigenvalue weighted by Crippen LogP contribution is -2.52. The number of amides is 3. The number of benzene rings is 1. The van der Waals surface area contributed by atoms with Gasteiger partial charge in [0.25, 0.3) is 5.91 Å². The highest BCUT2D eigenvalue weighted by atomic mass is 16.5. The van der Waals surface area contributed by atoms with Crippen LogP contribution in [0.25, 0.3) is 0 Å². The number of nitrogens with zero attached hydrogens (tertiary/aromatic N) is 1. The smallest absolute Gasteiger partial charge is 0.255 e. The molecular weight excluding hydrogens is 316 g/mol. The third kappa shape index (κ3) is 2.69. The van der Waals surface area contributed by atoms with Crippen molar-refractivity contribution < 1.29 is 29.0 Å². The van der Waals surface area contributed by atoms with Crippen LogP contribution in [0.2, 0.25) is 0 Å². The van der Waals surface area contributed by atoms with Gasteiger partial charge in [0.05, 0.1) is 20.3 Å². The van der Waals surface area contributed by atoms with E-state index in [0.717, 1.165) is 0 Å². The SMILES string of the molecule is COc1c(OCCO)ccc2c1CN([C@H]1CCC(=O)NC1=O)C2=O. The van der Waals surface area contributed by atoms with Crippen LogP contribution in [0.5, 0.6) is 11.5 Å². The van der Waals surface area contributed by atoms with Gasteiger partial charge in [-0.25, -0.2) is 0 Å². The van der Waals surface area contributed by atoms with E-state index in [1.54, 1.807) is 12.1 Å². The summed E-state index contributed by atoms with van der Waals surface area (Å²) < 4.78 is 10.8. The summed E-state index contributed by atoms with van der Waals surface area (Å²) in [5, 5.41) is 11.2. The van der Waals surface area contributed by atoms with Crippen molar-refractivity contribution >= 4 is 17.7 Å². The first kappa shape index (κ1) is 16.3. The molecule has 0 saturated carbocycles. The molecule has 1 atom stereocenters. The normalized spacial score (nSPS) is 20.0. The fourth-order valence-electron chi connectivity index (χ4n) is 3.08. The van der Waals surface area contributed by atoms with Crippen molar-refractivity contribution in [3.8, 4) is 11.5 Å². The summed E-state index contributed by atoms with van der Waals surface area (Å²) in [7, 11) is 1.47. The van der Waals surface area contributed by atoms with Crippen LogP contribution in [0.15, 0.2) is 12.1 Å². The number of piperidine rings is 1. The van der Waals surface area contributed by atoms with E-state index in [-0.39, 0.29) is 38.0 Å². The number of imide groups is 1. The van der Waals surface area contributed by atoms with Crippen LogP contribution in [0.3, 0.4) is 0 Å². The number of carbonyl (C=O) groups is 3. The molecule has 0 unspecified atom stereocenters. The molecule has 24 heavy (non-hydrogen) atoms. The van der Waals surface area contributed by atoms with Crippen LogP contribution in [0, 0.1) is 0 Å². The Morgan fingerprint density at radius 3 is 2.79 bits per heavy atom. The third-order valence-corrected chi connectivity index (χ3v) is 4.18. The first-order valence-corrected chi connectivity index (χ1v) is 7.65. The molecule has 8 heteroatoms. The van der Waals surface area contributed by atoms with Crippen LogP contribution < -0.4 is 14.8 Å². The Balaban J connectivity index is 1.89. The van der Waals surface area contributed by atoms with Crippen LogP contribution in [-0.2, 0) is 16.1 Å². The van der Waals surface area contributed by atoms with Crippen LogP contribution in [0.4, 0.5) is 0 Å². The predicted molar refractivity (Wildman–Crippen MR) is 81.6 cm³/mol. The molecule has 3 rings (SSSR count). The van der Waals surface area contributed by atoms with Gasteiger partial charge in [-0.2, -0.15) is 0 Å². The number of hydrogen-bond donors (Lipinski definition) is 2. The van der Waals surface area contributed by atoms with E-state index in [2.05, 4.69) is 5.32 Å². The minimum absolute atomic E-state index is 0.111. The van der Waals surface area contributed by atoms with Gasteiger partial charge in [-0.05, 0) is 18.6 Å². The summed E-state index contributed by atoms with van der Waals surface area (Å²) in [6.45, 7) is 0.182. The standard InChI is InChI=1S/C16H18N2O6/c1-23-14-10-8-18(11-3-5-13(20)17-15(11)21)16(22)9(10)2-4-12(14)24-7-6-19/h2,4,11,19H,3,5-8H2,1H3,(H,17,20,21)/t11-/m0/s1. The van der Waals surface area contributed by atoms with Crippen LogP contribution in [-0.4, -0.2) is 54.1 Å². The van der Waals surface area contributed by atoms with Gasteiger partial charge in [0.15, 0.2) is 11.5 Å². The van der Waals surface area contributed by atoms with E-state index in [1.165, 1.54) is 12.0 Å². The fraction of sp³-hybridized carbons (Fsp3) is 0.438. The van der Waals surface area contributed by atoms with Crippen molar-refractivity contribution in [3.05, 3.63) is 23.3 Å². The van der Waals surface area contributed by atoms with Gasteiger partial charge >= 0.3 is 0 Å². The van der Waals surface area contributed by atoms with E-state index >= 15 is 0 Å². The average molecular weight is 334 g/mol. The lowest BCUT2D eigenvalue weighted by Gasteiger charge is -2.29. The highest BCUT2D eigenvalue weighted by Gasteiger charge is 2.40. The molecule has 128 valence electrons. The number of carbonyl (C=O) groups excluding carboxylic acids is 3. The van der Waals surface area contributed by atoms with Crippen molar-refractivity contribution in [1.82, 2.24) is 10.2 Å². The van der Waals surface area contributed by atoms with Gasteiger partial charge in [0.1, 0.15) is 12.6 Å². The maximum absolute atomic E-state index is 12.6. The van der Waals surface area contributed by atoms with Crippen molar-refractivity contribution in [3.63, 3.8) is 0 Å². The first-order valence-electron chi connectivity index (χ1n) is 7.65. The van der Waals surface area contributed by atoms with Gasteiger partial charge in [-0.3, -0.25) is 19.7 Å². The molecule has 0 aliphatic carbocycles. The molecule has 1 fully saturated rings. The Morgan fingerprint density at radius 1 is 1.33 bits per heavy atom. The summed E-state index contributed by atoms with van der Waals surface area (Å²) in [6, 6.07) is 2.56. The molecule has 2 N–H and O–H groups in total. The summed E-state index contributed by atoms with van der Waals surface area (Å²) in [5.74, 6) is -0.195. The number of methoxy groups -OCH3 is 1. The molecule has 1 aromatic rings. The average Bonchev–Trinajstić information content (AvgIpc) is 2.89. The summed E-state index contributed by atoms with van der Waals surface area (Å²) >= 11 is 0. The predicted octanol–water partition coefficient (Wildman–Crippen LogP) is -0.173. The highest BCUT2D eigenvalue weighted by Crippen LogP contribution is 2.39. The Hall–Kier alpha value is -2.61. The maximum Gasteiger partial charge on any atom is 0.255 e. The Bertz CT molecular complexity index is 702. The topological polar surface area (TPSA) is 105 Å². The lowest BCUT2D eigenvalue weighted by atomic mass is 10.0. The lowest BCUT2D eigenvalue weighted by molar-refractivity contribution is -0.136. The number of nitrogens with one attached hydrogen (secondary N) is 1. The van der Waals surface area contributed by atoms with Gasteiger partial charge in [0.2, 0.25) is 11.8 Å². The van der Waals surface area contributed by atoms with E-state index in [4.69, 9.17) is 14.6 Å². The number of ether oxygens (including phenoxy) is 2. The fourth-order valence-corrected chi connectivity index (χ4v) is 3.08. The molecule has 2 aliphatic rings. The molecule has 1 saturated heterocycles. The van der Waals surface area contributed by atoms with E-state index < -0.39 is 11.9 Å². The molecule has 8 nitrogen and oxygen atoms in total. The second-order valence-corrected chi connectivity index (χ2v) is 5.60. The van der Waals surface area contributed by atoms with Crippen molar-refractivity contribution in [1.29, 1.82) is 0 Å². The second kappa shape index (κ2) is 6.48. The largest absolute Gasteiger partial charge is 0.492 e. The molecular formula is C16H18N2O6. The number of fused-ring (bicyclic) bond motifs is 1. The molecule has 0 aromatic heterocycles. The van der Waals surface area contributed by atoms with E-state index in [1.807, 2.05) is 0 Å². The first-order chi connectivity index (χ1) is 11.6. The Labute approximate surface area is 138 Å². The Kier molecular flexibility index (Phi) is 4.39.